The van der Waals surface area contributed by atoms with Gasteiger partial charge in [0.2, 0.25) is 0 Å². The first-order valence-electron chi connectivity index (χ1n) is 8.69. The van der Waals surface area contributed by atoms with Crippen LogP contribution < -0.4 is 10.2 Å². The maximum Gasteiger partial charge on any atom is 0.0438 e. The van der Waals surface area contributed by atoms with Crippen LogP contribution in [0.2, 0.25) is 0 Å². The molecule has 0 bridgehead atoms. The monoisotopic (exact) mass is 286 g/mol. The molecule has 0 radical (unpaired) electrons. The summed E-state index contributed by atoms with van der Waals surface area (Å²) in [6, 6.07) is 9.52. The van der Waals surface area contributed by atoms with E-state index >= 15 is 0 Å². The van der Waals surface area contributed by atoms with E-state index in [0.717, 1.165) is 6.54 Å². The second kappa shape index (κ2) is 6.00. The second-order valence-electron chi connectivity index (χ2n) is 7.45. The Bertz CT molecular complexity index is 474. The topological polar surface area (TPSA) is 15.3 Å². The number of nitrogens with zero attached hydrogens (tertiary/aromatic N) is 1. The van der Waals surface area contributed by atoms with E-state index in [2.05, 4.69) is 55.3 Å². The highest BCUT2D eigenvalue weighted by Crippen LogP contribution is 2.36. The van der Waals surface area contributed by atoms with Crippen molar-refractivity contribution in [1.82, 2.24) is 5.32 Å². The van der Waals surface area contributed by atoms with E-state index < -0.39 is 0 Å². The summed E-state index contributed by atoms with van der Waals surface area (Å²) in [6.07, 6.45) is 6.89. The molecule has 1 aliphatic carbocycles. The molecule has 0 amide bonds. The molecule has 2 heteroatoms. The molecule has 0 aromatic heterocycles. The summed E-state index contributed by atoms with van der Waals surface area (Å²) in [5.74, 6) is 0.679. The van der Waals surface area contributed by atoms with Crippen LogP contribution in [0.15, 0.2) is 24.3 Å². The minimum Gasteiger partial charge on any atom is -0.365 e. The lowest BCUT2D eigenvalue weighted by Gasteiger charge is -2.52. The van der Waals surface area contributed by atoms with Crippen molar-refractivity contribution in [2.24, 2.45) is 5.92 Å². The molecular formula is C19H30N2. The smallest absolute Gasteiger partial charge is 0.0438 e. The molecule has 1 aromatic carbocycles. The van der Waals surface area contributed by atoms with Crippen LogP contribution in [0.4, 0.5) is 5.69 Å². The van der Waals surface area contributed by atoms with E-state index in [1.165, 1.54) is 49.9 Å². The SMILES string of the molecule is Cc1ccccc1N1CC2(CCCCC2)NCC1C(C)C. The predicted molar refractivity (Wildman–Crippen MR) is 91.0 cm³/mol. The quantitative estimate of drug-likeness (QED) is 0.879. The zero-order valence-electron chi connectivity index (χ0n) is 13.9. The van der Waals surface area contributed by atoms with Crippen molar-refractivity contribution in [1.29, 1.82) is 0 Å². The lowest BCUT2D eigenvalue weighted by atomic mass is 9.78. The molecule has 1 spiro atoms. The van der Waals surface area contributed by atoms with Gasteiger partial charge in [-0.15, -0.1) is 0 Å². The Labute approximate surface area is 129 Å². The summed E-state index contributed by atoms with van der Waals surface area (Å²) in [7, 11) is 0. The van der Waals surface area contributed by atoms with E-state index in [1.54, 1.807) is 0 Å². The average Bonchev–Trinajstić information content (AvgIpc) is 2.48. The van der Waals surface area contributed by atoms with Gasteiger partial charge in [0.25, 0.3) is 0 Å². The highest BCUT2D eigenvalue weighted by atomic mass is 15.3. The van der Waals surface area contributed by atoms with Gasteiger partial charge in [-0.3, -0.25) is 0 Å². The van der Waals surface area contributed by atoms with Crippen molar-refractivity contribution < 1.29 is 0 Å². The van der Waals surface area contributed by atoms with Crippen LogP contribution in [0.5, 0.6) is 0 Å². The van der Waals surface area contributed by atoms with Gasteiger partial charge in [-0.1, -0.05) is 51.3 Å². The molecule has 2 fully saturated rings. The minimum atomic E-state index is 0.367. The predicted octanol–water partition coefficient (Wildman–Crippen LogP) is 4.13. The fourth-order valence-electron chi connectivity index (χ4n) is 4.24. The van der Waals surface area contributed by atoms with Crippen LogP contribution in [-0.2, 0) is 0 Å². The number of nitrogens with one attached hydrogen (secondary N) is 1. The Morgan fingerprint density at radius 3 is 2.52 bits per heavy atom. The normalized spacial score (nSPS) is 25.5. The first kappa shape index (κ1) is 14.9. The van der Waals surface area contributed by atoms with Crippen LogP contribution >= 0.6 is 0 Å². The summed E-state index contributed by atoms with van der Waals surface area (Å²) in [5, 5.41) is 3.94. The summed E-state index contributed by atoms with van der Waals surface area (Å²) < 4.78 is 0. The van der Waals surface area contributed by atoms with Crippen LogP contribution in [0.3, 0.4) is 0 Å². The van der Waals surface area contributed by atoms with Gasteiger partial charge in [0.15, 0.2) is 0 Å². The highest BCUT2D eigenvalue weighted by molar-refractivity contribution is 5.55. The van der Waals surface area contributed by atoms with E-state index in [9.17, 15) is 0 Å². The lowest BCUT2D eigenvalue weighted by Crippen LogP contribution is -2.66. The van der Waals surface area contributed by atoms with Gasteiger partial charge < -0.3 is 10.2 Å². The third kappa shape index (κ3) is 2.96. The van der Waals surface area contributed by atoms with Crippen LogP contribution in [0.1, 0.15) is 51.5 Å². The first-order valence-corrected chi connectivity index (χ1v) is 8.69. The van der Waals surface area contributed by atoms with Crippen LogP contribution in [-0.4, -0.2) is 24.7 Å². The lowest BCUT2D eigenvalue weighted by molar-refractivity contribution is 0.184. The molecule has 1 aromatic rings. The molecule has 1 saturated heterocycles. The van der Waals surface area contributed by atoms with Gasteiger partial charge in [-0.05, 0) is 37.3 Å². The summed E-state index contributed by atoms with van der Waals surface area (Å²) >= 11 is 0. The fraction of sp³-hybridized carbons (Fsp3) is 0.684. The highest BCUT2D eigenvalue weighted by Gasteiger charge is 2.40. The molecule has 2 nitrogen and oxygen atoms in total. The zero-order valence-corrected chi connectivity index (χ0v) is 13.9. The van der Waals surface area contributed by atoms with Gasteiger partial charge in [0, 0.05) is 30.4 Å². The van der Waals surface area contributed by atoms with E-state index in [1.807, 2.05) is 0 Å². The van der Waals surface area contributed by atoms with Gasteiger partial charge in [0.1, 0.15) is 0 Å². The first-order chi connectivity index (χ1) is 10.1. The van der Waals surface area contributed by atoms with Gasteiger partial charge >= 0.3 is 0 Å². The third-order valence-electron chi connectivity index (χ3n) is 5.56. The molecule has 2 aliphatic rings. The number of rotatable bonds is 2. The Hall–Kier alpha value is -1.02. The third-order valence-corrected chi connectivity index (χ3v) is 5.56. The molecular weight excluding hydrogens is 256 g/mol. The molecule has 1 heterocycles. The Morgan fingerprint density at radius 1 is 1.14 bits per heavy atom. The molecule has 1 saturated carbocycles. The molecule has 1 unspecified atom stereocenters. The fourth-order valence-corrected chi connectivity index (χ4v) is 4.24. The zero-order chi connectivity index (χ0) is 14.9. The van der Waals surface area contributed by atoms with E-state index in [4.69, 9.17) is 0 Å². The largest absolute Gasteiger partial charge is 0.365 e. The number of benzene rings is 1. The molecule has 1 atom stereocenters. The van der Waals surface area contributed by atoms with Crippen LogP contribution in [0.25, 0.3) is 0 Å². The summed E-state index contributed by atoms with van der Waals surface area (Å²) in [6.45, 7) is 9.28. The Balaban J connectivity index is 1.90. The van der Waals surface area contributed by atoms with Crippen molar-refractivity contribution in [3.05, 3.63) is 29.8 Å². The van der Waals surface area contributed by atoms with Gasteiger partial charge in [-0.25, -0.2) is 0 Å². The molecule has 3 rings (SSSR count). The Kier molecular flexibility index (Phi) is 4.26. The van der Waals surface area contributed by atoms with Gasteiger partial charge in [-0.2, -0.15) is 0 Å². The van der Waals surface area contributed by atoms with Gasteiger partial charge in [0.05, 0.1) is 0 Å². The number of aryl methyl sites for hydroxylation is 1. The van der Waals surface area contributed by atoms with Crippen molar-refractivity contribution in [2.75, 3.05) is 18.0 Å². The summed E-state index contributed by atoms with van der Waals surface area (Å²) in [4.78, 5) is 2.71. The maximum atomic E-state index is 3.94. The standard InChI is InChI=1S/C19H30N2/c1-15(2)18-13-20-19(11-7-4-8-12-19)14-21(18)17-10-6-5-9-16(17)3/h5-6,9-10,15,18,20H,4,7-8,11-14H2,1-3H3. The molecule has 1 aliphatic heterocycles. The molecule has 1 N–H and O–H groups in total. The van der Waals surface area contributed by atoms with Crippen molar-refractivity contribution in [3.8, 4) is 0 Å². The Morgan fingerprint density at radius 2 is 1.86 bits per heavy atom. The van der Waals surface area contributed by atoms with Crippen LogP contribution in [0, 0.1) is 12.8 Å². The maximum absolute atomic E-state index is 3.94. The summed E-state index contributed by atoms with van der Waals surface area (Å²) in [5.41, 5.74) is 3.23. The number of para-hydroxylation sites is 1. The van der Waals surface area contributed by atoms with Crippen molar-refractivity contribution in [3.63, 3.8) is 0 Å². The molecule has 116 valence electrons. The number of hydrogen-bond donors (Lipinski definition) is 1. The molecule has 21 heavy (non-hydrogen) atoms. The number of piperazine rings is 1. The number of hydrogen-bond acceptors (Lipinski definition) is 2. The minimum absolute atomic E-state index is 0.367. The van der Waals surface area contributed by atoms with E-state index in [-0.39, 0.29) is 0 Å². The number of anilines is 1. The van der Waals surface area contributed by atoms with Crippen molar-refractivity contribution >= 4 is 5.69 Å². The second-order valence-corrected chi connectivity index (χ2v) is 7.45. The van der Waals surface area contributed by atoms with Crippen molar-refractivity contribution in [2.45, 2.75) is 64.5 Å². The van der Waals surface area contributed by atoms with E-state index in [0.29, 0.717) is 17.5 Å². The average molecular weight is 286 g/mol.